The van der Waals surface area contributed by atoms with E-state index in [-0.39, 0.29) is 40.8 Å². The summed E-state index contributed by atoms with van der Waals surface area (Å²) in [7, 11) is 0. The predicted molar refractivity (Wildman–Crippen MR) is 101 cm³/mol. The number of nitrogens with one attached hydrogen (secondary N) is 1. The van der Waals surface area contributed by atoms with Gasteiger partial charge in [0.1, 0.15) is 11.4 Å². The van der Waals surface area contributed by atoms with Crippen LogP contribution in [-0.4, -0.2) is 44.4 Å². The molecule has 0 atom stereocenters. The largest absolute Gasteiger partial charge is 0.462 e. The number of benzene rings is 1. The van der Waals surface area contributed by atoms with Gasteiger partial charge in [-0.2, -0.15) is 0 Å². The van der Waals surface area contributed by atoms with Crippen molar-refractivity contribution in [2.24, 2.45) is 0 Å². The second kappa shape index (κ2) is 8.95. The second-order valence-electron chi connectivity index (χ2n) is 5.29. The van der Waals surface area contributed by atoms with Crippen LogP contribution in [0.4, 0.5) is 11.8 Å². The van der Waals surface area contributed by atoms with Gasteiger partial charge in [-0.25, -0.2) is 14.8 Å². The maximum Gasteiger partial charge on any atom is 0.343 e. The summed E-state index contributed by atoms with van der Waals surface area (Å²) >= 11 is 1.04. The van der Waals surface area contributed by atoms with Gasteiger partial charge in [-0.05, 0) is 19.1 Å². The molecular formula is C17H16N6O4S. The van der Waals surface area contributed by atoms with Crippen LogP contribution in [0.5, 0.6) is 0 Å². The fraction of sp³-hybridized carbons (Fsp3) is 0.176. The zero-order valence-electron chi connectivity index (χ0n) is 14.8. The Morgan fingerprint density at radius 2 is 2.04 bits per heavy atom. The average molecular weight is 400 g/mol. The zero-order valence-corrected chi connectivity index (χ0v) is 15.6. The molecule has 0 radical (unpaired) electrons. The minimum atomic E-state index is -0.597. The molecule has 2 aromatic heterocycles. The van der Waals surface area contributed by atoms with Gasteiger partial charge < -0.3 is 14.9 Å². The van der Waals surface area contributed by atoms with Gasteiger partial charge in [-0.1, -0.05) is 35.1 Å². The Morgan fingerprint density at radius 1 is 1.25 bits per heavy atom. The highest BCUT2D eigenvalue weighted by Gasteiger charge is 2.15. The Balaban J connectivity index is 1.55. The average Bonchev–Trinajstić information content (AvgIpc) is 3.15. The highest BCUT2D eigenvalue weighted by atomic mass is 32.2. The number of rotatable bonds is 7. The van der Waals surface area contributed by atoms with Crippen LogP contribution < -0.4 is 11.1 Å². The van der Waals surface area contributed by atoms with Crippen molar-refractivity contribution in [2.75, 3.05) is 23.4 Å². The van der Waals surface area contributed by atoms with Gasteiger partial charge in [-0.15, -0.1) is 5.10 Å². The molecule has 3 N–H and O–H groups in total. The number of nitrogen functional groups attached to an aromatic ring is 1. The lowest BCUT2D eigenvalue weighted by Gasteiger charge is -2.05. The van der Waals surface area contributed by atoms with Crippen molar-refractivity contribution in [3.63, 3.8) is 0 Å². The normalized spacial score (nSPS) is 10.5. The van der Waals surface area contributed by atoms with E-state index in [2.05, 4.69) is 25.5 Å². The van der Waals surface area contributed by atoms with Gasteiger partial charge in [0.25, 0.3) is 0 Å². The van der Waals surface area contributed by atoms with Crippen molar-refractivity contribution in [1.82, 2.24) is 20.2 Å². The Bertz CT molecular complexity index is 979. The van der Waals surface area contributed by atoms with Crippen LogP contribution in [0, 0.1) is 0 Å². The summed E-state index contributed by atoms with van der Waals surface area (Å²) in [5.41, 5.74) is 6.57. The first kappa shape index (κ1) is 19.3. The minimum Gasteiger partial charge on any atom is -0.462 e. The summed E-state index contributed by atoms with van der Waals surface area (Å²) in [6.07, 6.45) is 1.27. The van der Waals surface area contributed by atoms with E-state index in [1.807, 2.05) is 30.3 Å². The van der Waals surface area contributed by atoms with Crippen molar-refractivity contribution in [1.29, 1.82) is 0 Å². The van der Waals surface area contributed by atoms with E-state index in [1.54, 1.807) is 6.92 Å². The van der Waals surface area contributed by atoms with E-state index in [9.17, 15) is 9.59 Å². The molecule has 2 heterocycles. The van der Waals surface area contributed by atoms with Crippen molar-refractivity contribution >= 4 is 35.5 Å². The number of nitrogens with zero attached hydrogens (tertiary/aromatic N) is 4. The van der Waals surface area contributed by atoms with Crippen LogP contribution in [-0.2, 0) is 9.53 Å². The molecule has 0 spiro atoms. The number of hydrogen-bond donors (Lipinski definition) is 2. The molecule has 0 aliphatic heterocycles. The maximum absolute atomic E-state index is 12.1. The van der Waals surface area contributed by atoms with E-state index in [4.69, 9.17) is 14.9 Å². The molecule has 10 nitrogen and oxygen atoms in total. The lowest BCUT2D eigenvalue weighted by molar-refractivity contribution is -0.113. The standard InChI is InChI=1S/C17H16N6O4S/c1-2-26-15(25)11-8-19-17(21-13(11)18)28-9-12(24)20-16-23-22-14(27-16)10-6-4-3-5-7-10/h3-8H,2,9H2,1H3,(H2,18,19,21)(H,20,23,24). The monoisotopic (exact) mass is 400 g/mol. The first-order valence-electron chi connectivity index (χ1n) is 8.18. The van der Waals surface area contributed by atoms with Crippen LogP contribution >= 0.6 is 11.8 Å². The molecule has 3 rings (SSSR count). The van der Waals surface area contributed by atoms with Gasteiger partial charge in [0.15, 0.2) is 5.16 Å². The van der Waals surface area contributed by atoms with Crippen molar-refractivity contribution < 1.29 is 18.7 Å². The third kappa shape index (κ3) is 4.82. The van der Waals surface area contributed by atoms with Gasteiger partial charge in [0, 0.05) is 11.8 Å². The molecule has 0 bridgehead atoms. The number of esters is 1. The summed E-state index contributed by atoms with van der Waals surface area (Å²) < 4.78 is 10.3. The SMILES string of the molecule is CCOC(=O)c1cnc(SCC(=O)Nc2nnc(-c3ccccc3)o2)nc1N. The Morgan fingerprint density at radius 3 is 2.75 bits per heavy atom. The molecule has 11 heteroatoms. The number of aromatic nitrogens is 4. The zero-order chi connectivity index (χ0) is 19.9. The Hall–Kier alpha value is -3.47. The van der Waals surface area contributed by atoms with Crippen LogP contribution in [0.15, 0.2) is 46.1 Å². The number of ether oxygens (including phenoxy) is 1. The number of anilines is 2. The molecule has 0 fully saturated rings. The molecule has 3 aromatic rings. The fourth-order valence-corrected chi connectivity index (χ4v) is 2.69. The van der Waals surface area contributed by atoms with Gasteiger partial charge in [0.05, 0.1) is 12.4 Å². The minimum absolute atomic E-state index is 0.0115. The summed E-state index contributed by atoms with van der Waals surface area (Å²) in [6.45, 7) is 1.90. The number of amides is 1. The van der Waals surface area contributed by atoms with Crippen molar-refractivity contribution in [2.45, 2.75) is 12.1 Å². The highest BCUT2D eigenvalue weighted by Crippen LogP contribution is 2.20. The highest BCUT2D eigenvalue weighted by molar-refractivity contribution is 7.99. The van der Waals surface area contributed by atoms with Gasteiger partial charge in [0.2, 0.25) is 11.8 Å². The molecule has 0 aliphatic carbocycles. The molecule has 0 saturated heterocycles. The van der Waals surface area contributed by atoms with Crippen LogP contribution in [0.3, 0.4) is 0 Å². The maximum atomic E-state index is 12.1. The van der Waals surface area contributed by atoms with E-state index >= 15 is 0 Å². The molecule has 1 amide bonds. The third-order valence-electron chi connectivity index (χ3n) is 3.32. The van der Waals surface area contributed by atoms with Crippen molar-refractivity contribution in [3.05, 3.63) is 42.1 Å². The molecule has 28 heavy (non-hydrogen) atoms. The quantitative estimate of drug-likeness (QED) is 0.343. The van der Waals surface area contributed by atoms with Crippen LogP contribution in [0.25, 0.3) is 11.5 Å². The summed E-state index contributed by atoms with van der Waals surface area (Å²) in [5, 5.41) is 10.4. The topological polar surface area (TPSA) is 146 Å². The summed E-state index contributed by atoms with van der Waals surface area (Å²) in [5.74, 6) is -0.707. The third-order valence-corrected chi connectivity index (χ3v) is 4.18. The smallest absolute Gasteiger partial charge is 0.343 e. The lowest BCUT2D eigenvalue weighted by atomic mass is 10.2. The summed E-state index contributed by atoms with van der Waals surface area (Å²) in [4.78, 5) is 31.7. The lowest BCUT2D eigenvalue weighted by Crippen LogP contribution is -2.15. The van der Waals surface area contributed by atoms with Crippen LogP contribution in [0.2, 0.25) is 0 Å². The van der Waals surface area contributed by atoms with Gasteiger partial charge in [-0.3, -0.25) is 10.1 Å². The number of nitrogens with two attached hydrogens (primary N) is 1. The molecule has 144 valence electrons. The molecule has 1 aromatic carbocycles. The molecule has 0 aliphatic rings. The molecule has 0 saturated carbocycles. The van der Waals surface area contributed by atoms with Crippen LogP contribution in [0.1, 0.15) is 17.3 Å². The number of carbonyl (C=O) groups is 2. The first-order valence-corrected chi connectivity index (χ1v) is 9.16. The van der Waals surface area contributed by atoms with E-state index in [0.717, 1.165) is 17.3 Å². The number of thioether (sulfide) groups is 1. The second-order valence-corrected chi connectivity index (χ2v) is 6.23. The molecular weight excluding hydrogens is 384 g/mol. The van der Waals surface area contributed by atoms with E-state index in [0.29, 0.717) is 5.89 Å². The predicted octanol–water partition coefficient (Wildman–Crippen LogP) is 2.02. The van der Waals surface area contributed by atoms with E-state index < -0.39 is 5.97 Å². The Kier molecular flexibility index (Phi) is 6.17. The van der Waals surface area contributed by atoms with E-state index in [1.165, 1.54) is 6.20 Å². The van der Waals surface area contributed by atoms with Crippen molar-refractivity contribution in [3.8, 4) is 11.5 Å². The Labute approximate surface area is 163 Å². The van der Waals surface area contributed by atoms with Gasteiger partial charge >= 0.3 is 12.0 Å². The molecule has 0 unspecified atom stereocenters. The number of hydrogen-bond acceptors (Lipinski definition) is 10. The summed E-state index contributed by atoms with van der Waals surface area (Å²) in [6, 6.07) is 9.17. The fourth-order valence-electron chi connectivity index (χ4n) is 2.07. The number of carbonyl (C=O) groups excluding carboxylic acids is 2. The first-order chi connectivity index (χ1) is 13.6.